The first-order valence-corrected chi connectivity index (χ1v) is 7.51. The van der Waals surface area contributed by atoms with Crippen LogP contribution in [-0.2, 0) is 0 Å². The average molecular weight is 367 g/mol. The van der Waals surface area contributed by atoms with Gasteiger partial charge in [0.2, 0.25) is 0 Å². The molecule has 1 aliphatic heterocycles. The van der Waals surface area contributed by atoms with Crippen LogP contribution in [0.3, 0.4) is 0 Å². The fourth-order valence-corrected chi connectivity index (χ4v) is 2.87. The highest BCUT2D eigenvalue weighted by Crippen LogP contribution is 2.34. The molecule has 0 amide bonds. The minimum Gasteiger partial charge on any atom is -0.405 e. The molecule has 1 heterocycles. The zero-order chi connectivity index (χ0) is 15.7. The monoisotopic (exact) mass is 366 g/mol. The van der Waals surface area contributed by atoms with Gasteiger partial charge < -0.3 is 15.0 Å². The molecule has 1 N–H and O–H groups in total. The van der Waals surface area contributed by atoms with Gasteiger partial charge in [0.05, 0.1) is 4.47 Å². The van der Waals surface area contributed by atoms with Crippen molar-refractivity contribution in [3.63, 3.8) is 0 Å². The molecule has 7 heteroatoms. The van der Waals surface area contributed by atoms with Crippen LogP contribution in [0.1, 0.15) is 20.3 Å². The number of rotatable bonds is 2. The summed E-state index contributed by atoms with van der Waals surface area (Å²) >= 11 is 3.15. The highest BCUT2D eigenvalue weighted by Gasteiger charge is 2.32. The Hall–Kier alpha value is -0.950. The highest BCUT2D eigenvalue weighted by atomic mass is 79.9. The van der Waals surface area contributed by atoms with Crippen LogP contribution in [0.25, 0.3) is 0 Å². The lowest BCUT2D eigenvalue weighted by molar-refractivity contribution is -0.274. The molecule has 0 atom stereocenters. The van der Waals surface area contributed by atoms with E-state index in [4.69, 9.17) is 0 Å². The summed E-state index contributed by atoms with van der Waals surface area (Å²) in [5.74, 6) is -0.224. The van der Waals surface area contributed by atoms with Crippen LogP contribution < -0.4 is 15.0 Å². The summed E-state index contributed by atoms with van der Waals surface area (Å²) in [6, 6.07) is 4.67. The Labute approximate surface area is 130 Å². The summed E-state index contributed by atoms with van der Waals surface area (Å²) in [6.45, 7) is 6.81. The molecule has 1 aromatic rings. The van der Waals surface area contributed by atoms with Gasteiger partial charge in [0, 0.05) is 24.3 Å². The van der Waals surface area contributed by atoms with Gasteiger partial charge in [-0.15, -0.1) is 13.2 Å². The summed E-state index contributed by atoms with van der Waals surface area (Å²) in [4.78, 5) is 2.17. The van der Waals surface area contributed by atoms with E-state index in [1.807, 2.05) is 0 Å². The molecule has 0 aromatic heterocycles. The molecule has 0 unspecified atom stereocenters. The third-order valence-electron chi connectivity index (χ3n) is 3.30. The van der Waals surface area contributed by atoms with Gasteiger partial charge in [-0.05, 0) is 60.9 Å². The van der Waals surface area contributed by atoms with Crippen LogP contribution in [0.4, 0.5) is 18.9 Å². The molecule has 3 nitrogen and oxygen atoms in total. The molecule has 0 saturated carbocycles. The van der Waals surface area contributed by atoms with Crippen molar-refractivity contribution in [3.8, 4) is 5.75 Å². The number of nitrogens with zero attached hydrogens (tertiary/aromatic N) is 1. The van der Waals surface area contributed by atoms with Crippen LogP contribution in [0.5, 0.6) is 5.75 Å². The zero-order valence-corrected chi connectivity index (χ0v) is 13.5. The molecule has 2 rings (SSSR count). The summed E-state index contributed by atoms with van der Waals surface area (Å²) < 4.78 is 41.1. The summed E-state index contributed by atoms with van der Waals surface area (Å²) in [5.41, 5.74) is 0.845. The van der Waals surface area contributed by atoms with E-state index in [2.05, 4.69) is 44.7 Å². The molecule has 21 heavy (non-hydrogen) atoms. The lowest BCUT2D eigenvalue weighted by Gasteiger charge is -2.31. The molecular formula is C14H18BrF3N2O. The first-order valence-electron chi connectivity index (χ1n) is 6.72. The number of benzene rings is 1. The van der Waals surface area contributed by atoms with Crippen molar-refractivity contribution in [2.24, 2.45) is 0 Å². The number of ether oxygens (including phenoxy) is 1. The van der Waals surface area contributed by atoms with Crippen molar-refractivity contribution in [2.45, 2.75) is 32.2 Å². The summed E-state index contributed by atoms with van der Waals surface area (Å²) in [5, 5.41) is 3.45. The topological polar surface area (TPSA) is 24.5 Å². The average Bonchev–Trinajstić information content (AvgIpc) is 2.51. The number of anilines is 1. The van der Waals surface area contributed by atoms with Crippen molar-refractivity contribution >= 4 is 21.6 Å². The number of nitrogens with one attached hydrogen (secondary N) is 1. The Morgan fingerprint density at radius 2 is 2.05 bits per heavy atom. The Morgan fingerprint density at radius 3 is 2.67 bits per heavy atom. The molecular weight excluding hydrogens is 349 g/mol. The summed E-state index contributed by atoms with van der Waals surface area (Å²) in [6.07, 6.45) is -3.69. The van der Waals surface area contributed by atoms with E-state index in [0.717, 1.165) is 31.7 Å². The molecule has 1 aliphatic rings. The van der Waals surface area contributed by atoms with Gasteiger partial charge in [-0.2, -0.15) is 0 Å². The summed E-state index contributed by atoms with van der Waals surface area (Å²) in [7, 11) is 0. The number of hydrogen-bond donors (Lipinski definition) is 1. The maximum atomic E-state index is 12.3. The standard InChI is InChI=1S/C14H18BrF3N2O/c1-13(2)9-20(7-3-6-19-13)10-4-5-12(11(15)8-10)21-14(16,17)18/h4-5,8,19H,3,6-7,9H2,1-2H3. The van der Waals surface area contributed by atoms with E-state index >= 15 is 0 Å². The van der Waals surface area contributed by atoms with E-state index in [1.165, 1.54) is 6.07 Å². The van der Waals surface area contributed by atoms with E-state index < -0.39 is 6.36 Å². The van der Waals surface area contributed by atoms with Gasteiger partial charge in [0.15, 0.2) is 0 Å². The van der Waals surface area contributed by atoms with Gasteiger partial charge in [0.25, 0.3) is 0 Å². The third-order valence-corrected chi connectivity index (χ3v) is 3.92. The fraction of sp³-hybridized carbons (Fsp3) is 0.571. The maximum absolute atomic E-state index is 12.3. The van der Waals surface area contributed by atoms with Crippen LogP contribution in [0.15, 0.2) is 22.7 Å². The van der Waals surface area contributed by atoms with E-state index in [0.29, 0.717) is 4.47 Å². The molecule has 0 radical (unpaired) electrons. The first-order chi connectivity index (χ1) is 9.66. The second kappa shape index (κ2) is 6.04. The molecule has 0 aliphatic carbocycles. The number of hydrogen-bond acceptors (Lipinski definition) is 3. The van der Waals surface area contributed by atoms with Gasteiger partial charge in [0.1, 0.15) is 5.75 Å². The highest BCUT2D eigenvalue weighted by molar-refractivity contribution is 9.10. The largest absolute Gasteiger partial charge is 0.573 e. The lowest BCUT2D eigenvalue weighted by atomic mass is 10.1. The van der Waals surface area contributed by atoms with Gasteiger partial charge in [-0.1, -0.05) is 0 Å². The van der Waals surface area contributed by atoms with Crippen LogP contribution in [0.2, 0.25) is 0 Å². The molecule has 0 spiro atoms. The second-order valence-electron chi connectivity index (χ2n) is 5.75. The van der Waals surface area contributed by atoms with Crippen LogP contribution in [0, 0.1) is 0 Å². The normalized spacial score (nSPS) is 19.2. The van der Waals surface area contributed by atoms with Crippen LogP contribution in [-0.4, -0.2) is 31.5 Å². The Bertz CT molecular complexity index is 505. The van der Waals surface area contributed by atoms with E-state index in [9.17, 15) is 13.2 Å². The molecule has 1 saturated heterocycles. The Balaban J connectivity index is 2.19. The smallest absolute Gasteiger partial charge is 0.405 e. The number of alkyl halides is 3. The molecule has 0 bridgehead atoms. The Morgan fingerprint density at radius 1 is 1.33 bits per heavy atom. The van der Waals surface area contributed by atoms with Crippen molar-refractivity contribution in [3.05, 3.63) is 22.7 Å². The zero-order valence-electron chi connectivity index (χ0n) is 11.9. The van der Waals surface area contributed by atoms with E-state index in [-0.39, 0.29) is 11.3 Å². The Kier molecular flexibility index (Phi) is 4.72. The minimum absolute atomic E-state index is 0.0376. The lowest BCUT2D eigenvalue weighted by Crippen LogP contribution is -2.46. The van der Waals surface area contributed by atoms with Gasteiger partial charge in [-0.3, -0.25) is 0 Å². The van der Waals surface area contributed by atoms with Crippen molar-refractivity contribution in [1.29, 1.82) is 0 Å². The molecule has 118 valence electrons. The molecule has 1 aromatic carbocycles. The van der Waals surface area contributed by atoms with Gasteiger partial charge >= 0.3 is 6.36 Å². The predicted molar refractivity (Wildman–Crippen MR) is 79.7 cm³/mol. The minimum atomic E-state index is -4.68. The fourth-order valence-electron chi connectivity index (χ4n) is 2.42. The second-order valence-corrected chi connectivity index (χ2v) is 6.60. The van der Waals surface area contributed by atoms with Crippen LogP contribution >= 0.6 is 15.9 Å². The van der Waals surface area contributed by atoms with E-state index in [1.54, 1.807) is 12.1 Å². The third kappa shape index (κ3) is 4.78. The van der Waals surface area contributed by atoms with Gasteiger partial charge in [-0.25, -0.2) is 0 Å². The van der Waals surface area contributed by atoms with Crippen molar-refractivity contribution in [2.75, 3.05) is 24.5 Å². The van der Waals surface area contributed by atoms with Crippen molar-refractivity contribution < 1.29 is 17.9 Å². The predicted octanol–water partition coefficient (Wildman–Crippen LogP) is 3.93. The maximum Gasteiger partial charge on any atom is 0.573 e. The first kappa shape index (κ1) is 16.4. The van der Waals surface area contributed by atoms with Crippen molar-refractivity contribution in [1.82, 2.24) is 5.32 Å². The number of halogens is 4. The quantitative estimate of drug-likeness (QED) is 0.858. The molecule has 1 fully saturated rings. The SMILES string of the molecule is CC1(C)CN(c2ccc(OC(F)(F)F)c(Br)c2)CCCN1.